The zero-order valence-electron chi connectivity index (χ0n) is 14.0. The van der Waals surface area contributed by atoms with Crippen molar-refractivity contribution in [3.63, 3.8) is 0 Å². The van der Waals surface area contributed by atoms with Crippen molar-refractivity contribution >= 4 is 17.2 Å². The molecule has 6 nitrogen and oxygen atoms in total. The summed E-state index contributed by atoms with van der Waals surface area (Å²) in [5.74, 6) is 1.08. The fourth-order valence-corrected chi connectivity index (χ4v) is 3.24. The Labute approximate surface area is 136 Å². The average molecular weight is 316 g/mol. The van der Waals surface area contributed by atoms with Crippen molar-refractivity contribution in [3.8, 4) is 0 Å². The smallest absolute Gasteiger partial charge is 0.225 e. The van der Waals surface area contributed by atoms with Crippen LogP contribution in [0.3, 0.4) is 0 Å². The number of rotatable bonds is 5. The number of fused-ring (bicyclic) bond motifs is 1. The van der Waals surface area contributed by atoms with Gasteiger partial charge in [-0.25, -0.2) is 4.98 Å². The molecule has 1 aliphatic rings. The molecule has 0 spiro atoms. The minimum Gasteiger partial charge on any atom is -0.384 e. The van der Waals surface area contributed by atoms with Crippen molar-refractivity contribution < 1.29 is 9.53 Å². The van der Waals surface area contributed by atoms with Crippen LogP contribution in [0.15, 0.2) is 24.5 Å². The monoisotopic (exact) mass is 316 g/mol. The fourth-order valence-electron chi connectivity index (χ4n) is 3.24. The molecule has 1 aliphatic heterocycles. The number of carbonyl (C=O) groups excluding carboxylic acids is 1. The normalized spacial score (nSPS) is 17.9. The van der Waals surface area contributed by atoms with Crippen LogP contribution >= 0.6 is 0 Å². The third-order valence-corrected chi connectivity index (χ3v) is 4.37. The summed E-state index contributed by atoms with van der Waals surface area (Å²) < 4.78 is 7.13. The van der Waals surface area contributed by atoms with Crippen LogP contribution in [0.1, 0.15) is 31.0 Å². The van der Waals surface area contributed by atoms with Crippen molar-refractivity contribution in [2.24, 2.45) is 0 Å². The average Bonchev–Trinajstić information content (AvgIpc) is 3.19. The van der Waals surface area contributed by atoms with E-state index in [-0.39, 0.29) is 11.9 Å². The molecule has 23 heavy (non-hydrogen) atoms. The summed E-state index contributed by atoms with van der Waals surface area (Å²) in [5.41, 5.74) is 2.04. The third-order valence-electron chi connectivity index (χ3n) is 4.37. The van der Waals surface area contributed by atoms with E-state index in [2.05, 4.69) is 16.7 Å². The van der Waals surface area contributed by atoms with Crippen LogP contribution < -0.4 is 4.90 Å². The van der Waals surface area contributed by atoms with E-state index in [0.717, 1.165) is 36.4 Å². The lowest BCUT2D eigenvalue weighted by molar-refractivity contribution is -0.133. The highest BCUT2D eigenvalue weighted by atomic mass is 16.5. The van der Waals surface area contributed by atoms with Crippen molar-refractivity contribution in [1.82, 2.24) is 14.3 Å². The van der Waals surface area contributed by atoms with Gasteiger partial charge in [0.05, 0.1) is 30.3 Å². The van der Waals surface area contributed by atoms with E-state index in [1.165, 1.54) is 0 Å². The molecule has 124 valence electrons. The predicted molar refractivity (Wildman–Crippen MR) is 89.7 cm³/mol. The molecular weight excluding hydrogens is 292 g/mol. The highest BCUT2D eigenvalue weighted by Crippen LogP contribution is 2.33. The maximum atomic E-state index is 12.4. The van der Waals surface area contributed by atoms with Crippen LogP contribution in [0, 0.1) is 0 Å². The van der Waals surface area contributed by atoms with Gasteiger partial charge in [0.1, 0.15) is 0 Å². The summed E-state index contributed by atoms with van der Waals surface area (Å²) in [5, 5.41) is 0. The lowest BCUT2D eigenvalue weighted by Crippen LogP contribution is -2.32. The second-order valence-corrected chi connectivity index (χ2v) is 6.17. The molecule has 0 saturated carbocycles. The molecule has 0 unspecified atom stereocenters. The number of ether oxygens (including phenoxy) is 1. The van der Waals surface area contributed by atoms with Gasteiger partial charge in [0, 0.05) is 40.1 Å². The van der Waals surface area contributed by atoms with Gasteiger partial charge < -0.3 is 18.9 Å². The Bertz CT molecular complexity index is 695. The van der Waals surface area contributed by atoms with Gasteiger partial charge in [-0.05, 0) is 25.0 Å². The molecule has 2 aromatic rings. The lowest BCUT2D eigenvalue weighted by atomic mass is 10.1. The minimum atomic E-state index is 0.0601. The first-order valence-corrected chi connectivity index (χ1v) is 8.05. The zero-order chi connectivity index (χ0) is 16.4. The van der Waals surface area contributed by atoms with E-state index in [0.29, 0.717) is 13.0 Å². The Morgan fingerprint density at radius 3 is 3.04 bits per heavy atom. The Morgan fingerprint density at radius 1 is 1.48 bits per heavy atom. The van der Waals surface area contributed by atoms with Crippen molar-refractivity contribution in [3.05, 3.63) is 30.2 Å². The Balaban J connectivity index is 1.93. The zero-order valence-corrected chi connectivity index (χ0v) is 14.0. The van der Waals surface area contributed by atoms with E-state index in [4.69, 9.17) is 9.72 Å². The van der Waals surface area contributed by atoms with Crippen LogP contribution in [-0.4, -0.2) is 54.5 Å². The number of anilines is 1. The largest absolute Gasteiger partial charge is 0.384 e. The van der Waals surface area contributed by atoms with Gasteiger partial charge in [-0.1, -0.05) is 0 Å². The highest BCUT2D eigenvalue weighted by Gasteiger charge is 2.31. The minimum absolute atomic E-state index is 0.0601. The molecule has 1 amide bonds. The number of carbonyl (C=O) groups is 1. The summed E-state index contributed by atoms with van der Waals surface area (Å²) >= 11 is 0. The van der Waals surface area contributed by atoms with Crippen LogP contribution in [-0.2, 0) is 9.53 Å². The predicted octanol–water partition coefficient (Wildman–Crippen LogP) is 2.10. The van der Waals surface area contributed by atoms with Crippen LogP contribution in [0.25, 0.3) is 5.52 Å². The standard InChI is InChI=1S/C17H24N4O2/c1-19(2)17-15-7-4-9-20(15)12-13(18-17)14-6-5-10-21(14)16(22)8-11-23-3/h4,7,9,12,14H,5-6,8,10-11H2,1-3H3/t14-/m0/s1. The van der Waals surface area contributed by atoms with E-state index >= 15 is 0 Å². The summed E-state index contributed by atoms with van der Waals surface area (Å²) in [4.78, 5) is 21.2. The summed E-state index contributed by atoms with van der Waals surface area (Å²) in [6, 6.07) is 4.14. The van der Waals surface area contributed by atoms with Crippen LogP contribution in [0.5, 0.6) is 0 Å². The third kappa shape index (κ3) is 3.03. The molecule has 3 rings (SSSR count). The molecule has 1 saturated heterocycles. The Kier molecular flexibility index (Phi) is 4.52. The van der Waals surface area contributed by atoms with Crippen molar-refractivity contribution in [1.29, 1.82) is 0 Å². The summed E-state index contributed by atoms with van der Waals surface area (Å²) in [7, 11) is 5.62. The van der Waals surface area contributed by atoms with Gasteiger partial charge >= 0.3 is 0 Å². The van der Waals surface area contributed by atoms with Gasteiger partial charge in [-0.3, -0.25) is 4.79 Å². The molecule has 1 fully saturated rings. The first-order valence-electron chi connectivity index (χ1n) is 8.05. The van der Waals surface area contributed by atoms with Gasteiger partial charge in [0.2, 0.25) is 5.91 Å². The van der Waals surface area contributed by atoms with Gasteiger partial charge in [0.25, 0.3) is 0 Å². The molecule has 2 aromatic heterocycles. The van der Waals surface area contributed by atoms with Crippen molar-refractivity contribution in [2.45, 2.75) is 25.3 Å². The number of hydrogen-bond donors (Lipinski definition) is 0. The topological polar surface area (TPSA) is 50.1 Å². The first-order chi connectivity index (χ1) is 11.1. The maximum absolute atomic E-state index is 12.4. The van der Waals surface area contributed by atoms with Gasteiger partial charge in [-0.2, -0.15) is 0 Å². The Hall–Kier alpha value is -2.08. The number of nitrogens with zero attached hydrogens (tertiary/aromatic N) is 4. The summed E-state index contributed by atoms with van der Waals surface area (Å²) in [6.07, 6.45) is 6.49. The van der Waals surface area contributed by atoms with Crippen LogP contribution in [0.4, 0.5) is 5.82 Å². The van der Waals surface area contributed by atoms with Crippen LogP contribution in [0.2, 0.25) is 0 Å². The Morgan fingerprint density at radius 2 is 2.30 bits per heavy atom. The quantitative estimate of drug-likeness (QED) is 0.847. The maximum Gasteiger partial charge on any atom is 0.225 e. The van der Waals surface area contributed by atoms with E-state index in [1.807, 2.05) is 36.2 Å². The molecular formula is C17H24N4O2. The molecule has 0 radical (unpaired) electrons. The second-order valence-electron chi connectivity index (χ2n) is 6.17. The molecule has 0 aromatic carbocycles. The number of aromatic nitrogens is 2. The van der Waals surface area contributed by atoms with Gasteiger partial charge in [0.15, 0.2) is 5.82 Å². The number of hydrogen-bond acceptors (Lipinski definition) is 4. The van der Waals surface area contributed by atoms with E-state index in [9.17, 15) is 4.79 Å². The second kappa shape index (κ2) is 6.58. The summed E-state index contributed by atoms with van der Waals surface area (Å²) in [6.45, 7) is 1.27. The molecule has 1 atom stereocenters. The fraction of sp³-hybridized carbons (Fsp3) is 0.529. The molecule has 0 N–H and O–H groups in total. The van der Waals surface area contributed by atoms with Gasteiger partial charge in [-0.15, -0.1) is 0 Å². The first kappa shape index (κ1) is 15.8. The molecule has 6 heteroatoms. The van der Waals surface area contributed by atoms with E-state index < -0.39 is 0 Å². The molecule has 0 aliphatic carbocycles. The SMILES string of the molecule is COCCC(=O)N1CCC[C@H]1c1cn2cccc2c(N(C)C)n1. The molecule has 0 bridgehead atoms. The number of amides is 1. The van der Waals surface area contributed by atoms with Crippen molar-refractivity contribution in [2.75, 3.05) is 39.3 Å². The number of methoxy groups -OCH3 is 1. The number of likely N-dealkylation sites (tertiary alicyclic amines) is 1. The highest BCUT2D eigenvalue weighted by molar-refractivity contribution is 5.77. The lowest BCUT2D eigenvalue weighted by Gasteiger charge is -2.25. The molecule has 3 heterocycles. The van der Waals surface area contributed by atoms with E-state index in [1.54, 1.807) is 7.11 Å².